The van der Waals surface area contributed by atoms with Crippen molar-refractivity contribution in [2.45, 2.75) is 32.6 Å². The van der Waals surface area contributed by atoms with Crippen LogP contribution in [0, 0.1) is 17.7 Å². The van der Waals surface area contributed by atoms with Gasteiger partial charge in [-0.1, -0.05) is 30.7 Å². The van der Waals surface area contributed by atoms with Gasteiger partial charge < -0.3 is 0 Å². The van der Waals surface area contributed by atoms with Crippen LogP contribution in [0.1, 0.15) is 31.7 Å². The van der Waals surface area contributed by atoms with E-state index >= 15 is 0 Å². The van der Waals surface area contributed by atoms with E-state index < -0.39 is 5.82 Å². The lowest BCUT2D eigenvalue weighted by molar-refractivity contribution is -0.122. The second-order valence-electron chi connectivity index (χ2n) is 4.97. The van der Waals surface area contributed by atoms with Crippen molar-refractivity contribution in [3.63, 3.8) is 0 Å². The molecule has 1 aromatic rings. The predicted octanol–water partition coefficient (Wildman–Crippen LogP) is 4.03. The second-order valence-corrected chi connectivity index (χ2v) is 5.38. The topological polar surface area (TPSA) is 17.1 Å². The molecule has 0 aromatic heterocycles. The van der Waals surface area contributed by atoms with E-state index in [0.717, 1.165) is 19.3 Å². The Morgan fingerprint density at radius 1 is 1.47 bits per heavy atom. The molecular formula is C14H16ClFO. The highest BCUT2D eigenvalue weighted by Gasteiger charge is 2.27. The number of ketones is 1. The van der Waals surface area contributed by atoms with Gasteiger partial charge in [-0.2, -0.15) is 0 Å². The van der Waals surface area contributed by atoms with Gasteiger partial charge in [0.2, 0.25) is 0 Å². The number of halogens is 2. The molecule has 1 aliphatic rings. The summed E-state index contributed by atoms with van der Waals surface area (Å²) >= 11 is 5.69. The first-order valence-corrected chi connectivity index (χ1v) is 6.41. The van der Waals surface area contributed by atoms with E-state index in [9.17, 15) is 9.18 Å². The summed E-state index contributed by atoms with van der Waals surface area (Å²) in [7, 11) is 0. The van der Waals surface area contributed by atoms with Gasteiger partial charge in [0.25, 0.3) is 0 Å². The van der Waals surface area contributed by atoms with Crippen molar-refractivity contribution in [1.82, 2.24) is 0 Å². The third kappa shape index (κ3) is 2.86. The Hall–Kier alpha value is -0.890. The molecule has 92 valence electrons. The SMILES string of the molecule is CC1CCC(C(=O)Cc2cccc(Cl)c2F)C1. The maximum absolute atomic E-state index is 13.6. The van der Waals surface area contributed by atoms with Gasteiger partial charge in [-0.05, 0) is 36.8 Å². The average molecular weight is 255 g/mol. The normalized spacial score (nSPS) is 23.9. The van der Waals surface area contributed by atoms with Crippen LogP contribution < -0.4 is 0 Å². The molecule has 0 saturated heterocycles. The molecule has 1 saturated carbocycles. The lowest BCUT2D eigenvalue weighted by Gasteiger charge is -2.09. The van der Waals surface area contributed by atoms with Crippen LogP contribution in [0.4, 0.5) is 4.39 Å². The highest BCUT2D eigenvalue weighted by Crippen LogP contribution is 2.32. The van der Waals surface area contributed by atoms with E-state index in [1.807, 2.05) is 0 Å². The Balaban J connectivity index is 2.06. The zero-order valence-corrected chi connectivity index (χ0v) is 10.6. The molecule has 1 fully saturated rings. The molecule has 0 heterocycles. The van der Waals surface area contributed by atoms with Gasteiger partial charge in [0, 0.05) is 12.3 Å². The Labute approximate surface area is 106 Å². The first-order valence-electron chi connectivity index (χ1n) is 6.03. The molecule has 0 spiro atoms. The molecule has 0 aliphatic heterocycles. The number of hydrogen-bond donors (Lipinski definition) is 0. The molecule has 0 amide bonds. The van der Waals surface area contributed by atoms with Crippen molar-refractivity contribution in [3.05, 3.63) is 34.6 Å². The second kappa shape index (κ2) is 5.18. The molecule has 1 nitrogen and oxygen atoms in total. The number of Topliss-reactive ketones (excluding diaryl/α,β-unsaturated/α-hetero) is 1. The van der Waals surface area contributed by atoms with Crippen LogP contribution >= 0.6 is 11.6 Å². The number of carbonyl (C=O) groups excluding carboxylic acids is 1. The van der Waals surface area contributed by atoms with Gasteiger partial charge in [-0.25, -0.2) is 4.39 Å². The Morgan fingerprint density at radius 3 is 2.88 bits per heavy atom. The van der Waals surface area contributed by atoms with Crippen LogP contribution in [0.15, 0.2) is 18.2 Å². The quantitative estimate of drug-likeness (QED) is 0.796. The maximum atomic E-state index is 13.6. The fourth-order valence-corrected chi connectivity index (χ4v) is 2.71. The minimum absolute atomic E-state index is 0.0927. The van der Waals surface area contributed by atoms with Crippen LogP contribution in [0.2, 0.25) is 5.02 Å². The Kier molecular flexibility index (Phi) is 3.82. The molecule has 0 radical (unpaired) electrons. The Bertz CT molecular complexity index is 430. The van der Waals surface area contributed by atoms with Crippen molar-refractivity contribution in [2.75, 3.05) is 0 Å². The van der Waals surface area contributed by atoms with Crippen LogP contribution in [0.25, 0.3) is 0 Å². The smallest absolute Gasteiger partial charge is 0.145 e. The molecule has 1 aromatic carbocycles. The van der Waals surface area contributed by atoms with Crippen molar-refractivity contribution in [1.29, 1.82) is 0 Å². The molecule has 1 aliphatic carbocycles. The molecule has 3 heteroatoms. The number of benzene rings is 1. The van der Waals surface area contributed by atoms with E-state index in [4.69, 9.17) is 11.6 Å². The highest BCUT2D eigenvalue weighted by molar-refractivity contribution is 6.30. The van der Waals surface area contributed by atoms with Crippen LogP contribution in [0.5, 0.6) is 0 Å². The van der Waals surface area contributed by atoms with Crippen molar-refractivity contribution < 1.29 is 9.18 Å². The van der Waals surface area contributed by atoms with Gasteiger partial charge in [0.05, 0.1) is 5.02 Å². The first-order chi connectivity index (χ1) is 8.08. The van der Waals surface area contributed by atoms with Crippen molar-refractivity contribution in [3.8, 4) is 0 Å². The summed E-state index contributed by atoms with van der Waals surface area (Å²) in [4.78, 5) is 12.0. The van der Waals surface area contributed by atoms with E-state index in [0.29, 0.717) is 11.5 Å². The van der Waals surface area contributed by atoms with Gasteiger partial charge in [-0.15, -0.1) is 0 Å². The van der Waals surface area contributed by atoms with Crippen LogP contribution in [-0.2, 0) is 11.2 Å². The molecule has 2 rings (SSSR count). The summed E-state index contributed by atoms with van der Waals surface area (Å²) in [6.45, 7) is 2.16. The third-order valence-corrected chi connectivity index (χ3v) is 3.84. The molecular weight excluding hydrogens is 239 g/mol. The predicted molar refractivity (Wildman–Crippen MR) is 66.6 cm³/mol. The van der Waals surface area contributed by atoms with Crippen molar-refractivity contribution >= 4 is 17.4 Å². The van der Waals surface area contributed by atoms with Crippen LogP contribution in [0.3, 0.4) is 0 Å². The van der Waals surface area contributed by atoms with E-state index in [1.54, 1.807) is 12.1 Å². The first kappa shape index (κ1) is 12.6. The largest absolute Gasteiger partial charge is 0.299 e. The maximum Gasteiger partial charge on any atom is 0.145 e. The summed E-state index contributed by atoms with van der Waals surface area (Å²) < 4.78 is 13.6. The van der Waals surface area contributed by atoms with Gasteiger partial charge in [0.15, 0.2) is 0 Å². The highest BCUT2D eigenvalue weighted by atomic mass is 35.5. The van der Waals surface area contributed by atoms with Crippen LogP contribution in [-0.4, -0.2) is 5.78 Å². The zero-order valence-electron chi connectivity index (χ0n) is 9.88. The third-order valence-electron chi connectivity index (χ3n) is 3.55. The van der Waals surface area contributed by atoms with E-state index in [2.05, 4.69) is 6.92 Å². The van der Waals surface area contributed by atoms with Crippen molar-refractivity contribution in [2.24, 2.45) is 11.8 Å². The molecule has 2 unspecified atom stereocenters. The molecule has 0 N–H and O–H groups in total. The summed E-state index contributed by atoms with van der Waals surface area (Å²) in [5, 5.41) is 0.0927. The molecule has 2 atom stereocenters. The standard InChI is InChI=1S/C14H16ClFO/c1-9-5-6-10(7-9)13(17)8-11-3-2-4-12(15)14(11)16/h2-4,9-10H,5-8H2,1H3. The minimum atomic E-state index is -0.450. The van der Waals surface area contributed by atoms with Gasteiger partial charge in [0.1, 0.15) is 11.6 Å². The van der Waals surface area contributed by atoms with Gasteiger partial charge in [-0.3, -0.25) is 4.79 Å². The minimum Gasteiger partial charge on any atom is -0.299 e. The van der Waals surface area contributed by atoms with Gasteiger partial charge >= 0.3 is 0 Å². The summed E-state index contributed by atoms with van der Waals surface area (Å²) in [5.74, 6) is 0.431. The monoisotopic (exact) mass is 254 g/mol. The summed E-state index contributed by atoms with van der Waals surface area (Å²) in [6.07, 6.45) is 3.17. The average Bonchev–Trinajstić information content (AvgIpc) is 2.72. The summed E-state index contributed by atoms with van der Waals surface area (Å²) in [5.41, 5.74) is 0.419. The number of carbonyl (C=O) groups is 1. The molecule has 0 bridgehead atoms. The number of hydrogen-bond acceptors (Lipinski definition) is 1. The summed E-state index contributed by atoms with van der Waals surface area (Å²) in [6, 6.07) is 4.82. The number of rotatable bonds is 3. The zero-order chi connectivity index (χ0) is 12.4. The fourth-order valence-electron chi connectivity index (χ4n) is 2.52. The van der Waals surface area contributed by atoms with E-state index in [1.165, 1.54) is 6.07 Å². The lowest BCUT2D eigenvalue weighted by Crippen LogP contribution is -2.14. The van der Waals surface area contributed by atoms with E-state index in [-0.39, 0.29) is 23.1 Å². The molecule has 17 heavy (non-hydrogen) atoms. The Morgan fingerprint density at radius 2 is 2.24 bits per heavy atom. The lowest BCUT2D eigenvalue weighted by atomic mass is 9.95. The fraction of sp³-hybridized carbons (Fsp3) is 0.500.